The molecule has 1 saturated heterocycles. The first-order valence-electron chi connectivity index (χ1n) is 4.97. The highest BCUT2D eigenvalue weighted by atomic mass is 16.5. The molecule has 4 nitrogen and oxygen atoms in total. The van der Waals surface area contributed by atoms with Gasteiger partial charge >= 0.3 is 0 Å². The van der Waals surface area contributed by atoms with Crippen molar-refractivity contribution < 1.29 is 14.3 Å². The van der Waals surface area contributed by atoms with E-state index in [4.69, 9.17) is 9.47 Å². The third-order valence-corrected chi connectivity index (χ3v) is 2.32. The van der Waals surface area contributed by atoms with Gasteiger partial charge in [-0.1, -0.05) is 0 Å². The second-order valence-corrected chi connectivity index (χ2v) is 3.56. The maximum Gasteiger partial charge on any atom is 0.172 e. The normalized spacial score (nSPS) is 20.2. The summed E-state index contributed by atoms with van der Waals surface area (Å²) in [5, 5.41) is 0. The van der Waals surface area contributed by atoms with E-state index in [2.05, 4.69) is 4.98 Å². The lowest BCUT2D eigenvalue weighted by molar-refractivity contribution is 0.110. The summed E-state index contributed by atoms with van der Waals surface area (Å²) in [5.74, 6) is 0.547. The highest BCUT2D eigenvalue weighted by Crippen LogP contribution is 2.19. The highest BCUT2D eigenvalue weighted by Gasteiger charge is 2.18. The number of ether oxygens (including phenoxy) is 2. The summed E-state index contributed by atoms with van der Waals surface area (Å²) in [4.78, 5) is 14.9. The average molecular weight is 207 g/mol. The van der Waals surface area contributed by atoms with Gasteiger partial charge in [0.25, 0.3) is 0 Å². The molecule has 2 rings (SSSR count). The van der Waals surface area contributed by atoms with Gasteiger partial charge in [0.2, 0.25) is 0 Å². The van der Waals surface area contributed by atoms with Gasteiger partial charge in [0.05, 0.1) is 13.2 Å². The molecule has 2 heterocycles. The minimum absolute atomic E-state index is 0.0493. The first-order chi connectivity index (χ1) is 7.29. The number of aryl methyl sites for hydroxylation is 1. The molecule has 1 fully saturated rings. The fourth-order valence-electron chi connectivity index (χ4n) is 1.53. The third-order valence-electron chi connectivity index (χ3n) is 2.32. The number of hydrogen-bond acceptors (Lipinski definition) is 4. The molecule has 0 aliphatic carbocycles. The lowest BCUT2D eigenvalue weighted by atomic mass is 10.2. The summed E-state index contributed by atoms with van der Waals surface area (Å²) < 4.78 is 10.8. The highest BCUT2D eigenvalue weighted by molar-refractivity contribution is 5.76. The van der Waals surface area contributed by atoms with Crippen molar-refractivity contribution in [3.8, 4) is 5.75 Å². The Morgan fingerprint density at radius 2 is 2.47 bits per heavy atom. The van der Waals surface area contributed by atoms with E-state index in [1.165, 1.54) is 0 Å². The van der Waals surface area contributed by atoms with Crippen molar-refractivity contribution >= 4 is 6.29 Å². The summed E-state index contributed by atoms with van der Waals surface area (Å²) in [6.07, 6.45) is 1.64. The van der Waals surface area contributed by atoms with Gasteiger partial charge in [0.1, 0.15) is 17.5 Å². The number of nitrogens with zero attached hydrogens (tertiary/aromatic N) is 1. The SMILES string of the molecule is Cc1ccc(OC2CCOC2)c(C=O)n1. The van der Waals surface area contributed by atoms with Crippen LogP contribution in [0.5, 0.6) is 5.75 Å². The maximum absolute atomic E-state index is 10.8. The predicted molar refractivity (Wildman–Crippen MR) is 54.2 cm³/mol. The molecule has 0 N–H and O–H groups in total. The first-order valence-corrected chi connectivity index (χ1v) is 4.97. The van der Waals surface area contributed by atoms with Gasteiger partial charge in [0, 0.05) is 12.1 Å². The Labute approximate surface area is 88.2 Å². The summed E-state index contributed by atoms with van der Waals surface area (Å²) in [7, 11) is 0. The minimum atomic E-state index is 0.0493. The minimum Gasteiger partial charge on any atom is -0.486 e. The molecule has 0 spiro atoms. The molecule has 0 bridgehead atoms. The fraction of sp³-hybridized carbons (Fsp3) is 0.455. The smallest absolute Gasteiger partial charge is 0.172 e. The molecular weight excluding hydrogens is 194 g/mol. The molecule has 1 aliphatic heterocycles. The first kappa shape index (κ1) is 10.1. The van der Waals surface area contributed by atoms with Crippen LogP contribution < -0.4 is 4.74 Å². The quantitative estimate of drug-likeness (QED) is 0.702. The van der Waals surface area contributed by atoms with E-state index in [9.17, 15) is 4.79 Å². The number of hydrogen-bond donors (Lipinski definition) is 0. The van der Waals surface area contributed by atoms with E-state index in [1.807, 2.05) is 13.0 Å². The van der Waals surface area contributed by atoms with Gasteiger partial charge in [-0.05, 0) is 19.1 Å². The van der Waals surface area contributed by atoms with Crippen LogP contribution in [0.2, 0.25) is 0 Å². The molecule has 1 aromatic heterocycles. The van der Waals surface area contributed by atoms with Crippen LogP contribution in [0.25, 0.3) is 0 Å². The van der Waals surface area contributed by atoms with Gasteiger partial charge in [0.15, 0.2) is 6.29 Å². The van der Waals surface area contributed by atoms with Crippen LogP contribution in [0, 0.1) is 6.92 Å². The van der Waals surface area contributed by atoms with Crippen molar-refractivity contribution in [3.63, 3.8) is 0 Å². The van der Waals surface area contributed by atoms with Crippen molar-refractivity contribution in [1.29, 1.82) is 0 Å². The Morgan fingerprint density at radius 1 is 1.60 bits per heavy atom. The second kappa shape index (κ2) is 4.40. The van der Waals surface area contributed by atoms with E-state index in [0.29, 0.717) is 18.1 Å². The van der Waals surface area contributed by atoms with E-state index in [0.717, 1.165) is 25.0 Å². The van der Waals surface area contributed by atoms with Crippen LogP contribution in [-0.4, -0.2) is 30.6 Å². The summed E-state index contributed by atoms with van der Waals surface area (Å²) in [6.45, 7) is 3.15. The molecule has 1 atom stereocenters. The van der Waals surface area contributed by atoms with Crippen LogP contribution in [0.4, 0.5) is 0 Å². The molecular formula is C11H13NO3. The largest absolute Gasteiger partial charge is 0.486 e. The van der Waals surface area contributed by atoms with Gasteiger partial charge in [-0.3, -0.25) is 4.79 Å². The van der Waals surface area contributed by atoms with Crippen molar-refractivity contribution in [1.82, 2.24) is 4.98 Å². The van der Waals surface area contributed by atoms with Gasteiger partial charge < -0.3 is 9.47 Å². The predicted octanol–water partition coefficient (Wildman–Crippen LogP) is 1.37. The molecule has 0 radical (unpaired) electrons. The van der Waals surface area contributed by atoms with Crippen LogP contribution in [0.3, 0.4) is 0 Å². The average Bonchev–Trinajstić information content (AvgIpc) is 2.73. The topological polar surface area (TPSA) is 48.4 Å². The van der Waals surface area contributed by atoms with E-state index in [1.54, 1.807) is 6.07 Å². The van der Waals surface area contributed by atoms with Crippen LogP contribution in [0.15, 0.2) is 12.1 Å². The zero-order valence-electron chi connectivity index (χ0n) is 8.60. The number of aldehydes is 1. The van der Waals surface area contributed by atoms with Crippen molar-refractivity contribution in [2.45, 2.75) is 19.4 Å². The molecule has 1 aliphatic rings. The summed E-state index contributed by atoms with van der Waals surface area (Å²) in [6, 6.07) is 3.61. The number of pyridine rings is 1. The van der Waals surface area contributed by atoms with Crippen LogP contribution in [-0.2, 0) is 4.74 Å². The molecule has 0 aromatic carbocycles. The second-order valence-electron chi connectivity index (χ2n) is 3.56. The number of rotatable bonds is 3. The van der Waals surface area contributed by atoms with Gasteiger partial charge in [-0.2, -0.15) is 0 Å². The Kier molecular flexibility index (Phi) is 2.97. The number of carbonyl (C=O) groups excluding carboxylic acids is 1. The molecule has 4 heteroatoms. The summed E-state index contributed by atoms with van der Waals surface area (Å²) in [5.41, 5.74) is 1.18. The molecule has 0 amide bonds. The third kappa shape index (κ3) is 2.33. The Balaban J connectivity index is 2.15. The maximum atomic E-state index is 10.8. The standard InChI is InChI=1S/C11H13NO3/c1-8-2-3-11(10(6-13)12-8)15-9-4-5-14-7-9/h2-3,6,9H,4-5,7H2,1H3. The molecule has 0 saturated carbocycles. The van der Waals surface area contributed by atoms with E-state index >= 15 is 0 Å². The monoisotopic (exact) mass is 207 g/mol. The molecule has 1 unspecified atom stereocenters. The molecule has 15 heavy (non-hydrogen) atoms. The van der Waals surface area contributed by atoms with E-state index in [-0.39, 0.29) is 6.10 Å². The Morgan fingerprint density at radius 3 is 3.13 bits per heavy atom. The lowest BCUT2D eigenvalue weighted by Gasteiger charge is -2.12. The zero-order chi connectivity index (χ0) is 10.7. The summed E-state index contributed by atoms with van der Waals surface area (Å²) >= 11 is 0. The Bertz CT molecular complexity index is 359. The van der Waals surface area contributed by atoms with Gasteiger partial charge in [-0.25, -0.2) is 4.98 Å². The lowest BCUT2D eigenvalue weighted by Crippen LogP contribution is -2.17. The van der Waals surface area contributed by atoms with Crippen molar-refractivity contribution in [3.05, 3.63) is 23.5 Å². The van der Waals surface area contributed by atoms with Crippen molar-refractivity contribution in [2.24, 2.45) is 0 Å². The number of aromatic nitrogens is 1. The number of carbonyl (C=O) groups is 1. The molecule has 1 aromatic rings. The van der Waals surface area contributed by atoms with Gasteiger partial charge in [-0.15, -0.1) is 0 Å². The van der Waals surface area contributed by atoms with E-state index < -0.39 is 0 Å². The Hall–Kier alpha value is -1.42. The van der Waals surface area contributed by atoms with Crippen LogP contribution >= 0.6 is 0 Å². The fourth-order valence-corrected chi connectivity index (χ4v) is 1.53. The molecule has 80 valence electrons. The zero-order valence-corrected chi connectivity index (χ0v) is 8.60. The van der Waals surface area contributed by atoms with Crippen molar-refractivity contribution in [2.75, 3.05) is 13.2 Å². The van der Waals surface area contributed by atoms with Crippen LogP contribution in [0.1, 0.15) is 22.6 Å².